The van der Waals surface area contributed by atoms with Crippen LogP contribution in [0.4, 0.5) is 11.4 Å². The second kappa shape index (κ2) is 7.97. The van der Waals surface area contributed by atoms with Crippen molar-refractivity contribution < 1.29 is 9.59 Å². The van der Waals surface area contributed by atoms with Crippen molar-refractivity contribution in [2.24, 2.45) is 0 Å². The lowest BCUT2D eigenvalue weighted by Crippen LogP contribution is -2.32. The normalized spacial score (nSPS) is 13.9. The van der Waals surface area contributed by atoms with Gasteiger partial charge in [-0.25, -0.2) is 4.90 Å². The number of thioether (sulfide) groups is 1. The molecular formula is C24H20N2O2S. The fourth-order valence-corrected chi connectivity index (χ4v) is 3.96. The van der Waals surface area contributed by atoms with Crippen LogP contribution in [0.1, 0.15) is 11.1 Å². The van der Waals surface area contributed by atoms with Gasteiger partial charge in [-0.15, -0.1) is 0 Å². The molecule has 1 N–H and O–H groups in total. The van der Waals surface area contributed by atoms with E-state index in [1.165, 1.54) is 16.7 Å². The average molecular weight is 401 g/mol. The van der Waals surface area contributed by atoms with Gasteiger partial charge >= 0.3 is 0 Å². The highest BCUT2D eigenvalue weighted by Gasteiger charge is 2.40. The molecule has 3 aromatic carbocycles. The summed E-state index contributed by atoms with van der Waals surface area (Å²) in [6, 6.07) is 24.7. The smallest absolute Gasteiger partial charge is 0.283 e. The Kier molecular flexibility index (Phi) is 5.23. The minimum Gasteiger partial charge on any atom is -0.350 e. The van der Waals surface area contributed by atoms with Gasteiger partial charge in [-0.3, -0.25) is 9.59 Å². The third-order valence-corrected chi connectivity index (χ3v) is 5.71. The van der Waals surface area contributed by atoms with E-state index in [1.54, 1.807) is 12.1 Å². The van der Waals surface area contributed by atoms with Crippen LogP contribution >= 0.6 is 11.8 Å². The van der Waals surface area contributed by atoms with Crippen LogP contribution < -0.4 is 10.2 Å². The number of anilines is 2. The molecule has 3 aromatic rings. The molecule has 144 valence electrons. The lowest BCUT2D eigenvalue weighted by atomic mass is 10.2. The minimum absolute atomic E-state index is 0.298. The molecule has 4 nitrogen and oxygen atoms in total. The molecule has 0 saturated heterocycles. The van der Waals surface area contributed by atoms with Crippen molar-refractivity contribution >= 4 is 35.0 Å². The quantitative estimate of drug-likeness (QED) is 0.591. The zero-order chi connectivity index (χ0) is 20.4. The maximum absolute atomic E-state index is 13.3. The third kappa shape index (κ3) is 3.96. The molecule has 0 fully saturated rings. The second-order valence-corrected chi connectivity index (χ2v) is 7.98. The zero-order valence-electron chi connectivity index (χ0n) is 16.2. The molecule has 1 aliphatic heterocycles. The predicted molar refractivity (Wildman–Crippen MR) is 118 cm³/mol. The van der Waals surface area contributed by atoms with Gasteiger partial charge in [0.2, 0.25) is 0 Å². The van der Waals surface area contributed by atoms with Crippen LogP contribution in [-0.4, -0.2) is 11.8 Å². The number of nitrogens with zero attached hydrogens (tertiary/aromatic N) is 1. The molecule has 0 aromatic heterocycles. The highest BCUT2D eigenvalue weighted by atomic mass is 32.2. The fraction of sp³-hybridized carbons (Fsp3) is 0.0833. The second-order valence-electron chi connectivity index (χ2n) is 6.89. The Morgan fingerprint density at radius 2 is 1.31 bits per heavy atom. The highest BCUT2D eigenvalue weighted by molar-refractivity contribution is 8.04. The van der Waals surface area contributed by atoms with Crippen molar-refractivity contribution in [2.45, 2.75) is 18.7 Å². The van der Waals surface area contributed by atoms with Crippen LogP contribution in [0.15, 0.2) is 94.4 Å². The summed E-state index contributed by atoms with van der Waals surface area (Å²) >= 11 is 1.31. The first kappa shape index (κ1) is 19.0. The number of para-hydroxylation sites is 1. The van der Waals surface area contributed by atoms with Gasteiger partial charge in [0.1, 0.15) is 10.6 Å². The van der Waals surface area contributed by atoms with Crippen LogP contribution in [0.25, 0.3) is 0 Å². The van der Waals surface area contributed by atoms with E-state index < -0.39 is 0 Å². The number of benzene rings is 3. The number of imide groups is 1. The molecule has 2 amide bonds. The van der Waals surface area contributed by atoms with Gasteiger partial charge in [-0.2, -0.15) is 0 Å². The Balaban J connectivity index is 1.73. The highest BCUT2D eigenvalue weighted by Crippen LogP contribution is 2.37. The van der Waals surface area contributed by atoms with E-state index in [9.17, 15) is 9.59 Å². The summed E-state index contributed by atoms with van der Waals surface area (Å²) in [6.45, 7) is 3.98. The molecule has 0 saturated carbocycles. The molecule has 0 bridgehead atoms. The Labute approximate surface area is 174 Å². The number of nitrogens with one attached hydrogen (secondary N) is 1. The van der Waals surface area contributed by atoms with E-state index in [-0.39, 0.29) is 11.8 Å². The van der Waals surface area contributed by atoms with Gasteiger partial charge in [-0.05, 0) is 50.2 Å². The molecule has 29 heavy (non-hydrogen) atoms. The number of hydrogen-bond donors (Lipinski definition) is 1. The van der Waals surface area contributed by atoms with E-state index in [1.807, 2.05) is 80.6 Å². The molecule has 5 heteroatoms. The number of aryl methyl sites for hydroxylation is 2. The maximum atomic E-state index is 13.3. The van der Waals surface area contributed by atoms with Gasteiger partial charge in [-0.1, -0.05) is 65.4 Å². The lowest BCUT2D eigenvalue weighted by Gasteiger charge is -2.15. The van der Waals surface area contributed by atoms with Gasteiger partial charge in [0.05, 0.1) is 5.69 Å². The molecule has 0 atom stereocenters. The first-order chi connectivity index (χ1) is 14.0. The number of hydrogen-bond acceptors (Lipinski definition) is 4. The van der Waals surface area contributed by atoms with E-state index >= 15 is 0 Å². The summed E-state index contributed by atoms with van der Waals surface area (Å²) in [4.78, 5) is 29.0. The van der Waals surface area contributed by atoms with Crippen molar-refractivity contribution in [1.82, 2.24) is 0 Å². The first-order valence-corrected chi connectivity index (χ1v) is 10.1. The minimum atomic E-state index is -0.350. The lowest BCUT2D eigenvalue weighted by molar-refractivity contribution is -0.120. The van der Waals surface area contributed by atoms with Gasteiger partial charge in [0.15, 0.2) is 0 Å². The van der Waals surface area contributed by atoms with E-state index in [0.717, 1.165) is 21.7 Å². The van der Waals surface area contributed by atoms with Crippen LogP contribution in [0.5, 0.6) is 0 Å². The van der Waals surface area contributed by atoms with Crippen molar-refractivity contribution in [1.29, 1.82) is 0 Å². The molecule has 0 unspecified atom stereocenters. The molecular weight excluding hydrogens is 380 g/mol. The first-order valence-electron chi connectivity index (χ1n) is 9.29. The van der Waals surface area contributed by atoms with Gasteiger partial charge in [0.25, 0.3) is 11.8 Å². The van der Waals surface area contributed by atoms with E-state index in [2.05, 4.69) is 5.32 Å². The van der Waals surface area contributed by atoms with E-state index in [4.69, 9.17) is 0 Å². The SMILES string of the molecule is Cc1ccc(SC2=C(Nc3ccccc3)C(=O)N(c3ccc(C)cc3)C2=O)cc1. The molecule has 4 rings (SSSR count). The van der Waals surface area contributed by atoms with Crippen LogP contribution in [-0.2, 0) is 9.59 Å². The molecule has 1 heterocycles. The topological polar surface area (TPSA) is 49.4 Å². The number of rotatable bonds is 5. The predicted octanol–water partition coefficient (Wildman–Crippen LogP) is 5.29. The number of carbonyl (C=O) groups excluding carboxylic acids is 2. The van der Waals surface area contributed by atoms with E-state index in [0.29, 0.717) is 16.3 Å². The third-order valence-electron chi connectivity index (χ3n) is 4.62. The summed E-state index contributed by atoms with van der Waals surface area (Å²) in [5.41, 5.74) is 3.83. The van der Waals surface area contributed by atoms with Crippen molar-refractivity contribution in [3.05, 3.63) is 101 Å². The van der Waals surface area contributed by atoms with Crippen molar-refractivity contribution in [3.63, 3.8) is 0 Å². The average Bonchev–Trinajstić information content (AvgIpc) is 2.95. The molecule has 1 aliphatic rings. The van der Waals surface area contributed by atoms with Crippen LogP contribution in [0, 0.1) is 13.8 Å². The molecule has 0 radical (unpaired) electrons. The summed E-state index contributed by atoms with van der Waals surface area (Å²) in [5, 5.41) is 3.16. The summed E-state index contributed by atoms with van der Waals surface area (Å²) in [6.07, 6.45) is 0. The molecule has 0 aliphatic carbocycles. The van der Waals surface area contributed by atoms with Crippen LogP contribution in [0.2, 0.25) is 0 Å². The van der Waals surface area contributed by atoms with Gasteiger partial charge in [0, 0.05) is 10.6 Å². The summed E-state index contributed by atoms with van der Waals surface area (Å²) in [5.74, 6) is -0.667. The summed E-state index contributed by atoms with van der Waals surface area (Å²) in [7, 11) is 0. The maximum Gasteiger partial charge on any atom is 0.283 e. The fourth-order valence-electron chi connectivity index (χ4n) is 3.03. The Hall–Kier alpha value is -3.31. The van der Waals surface area contributed by atoms with Crippen molar-refractivity contribution in [3.8, 4) is 0 Å². The zero-order valence-corrected chi connectivity index (χ0v) is 17.0. The number of amides is 2. The Bertz CT molecular complexity index is 1090. The largest absolute Gasteiger partial charge is 0.350 e. The Morgan fingerprint density at radius 3 is 1.93 bits per heavy atom. The molecule has 0 spiro atoms. The number of carbonyl (C=O) groups is 2. The monoisotopic (exact) mass is 400 g/mol. The van der Waals surface area contributed by atoms with Crippen LogP contribution in [0.3, 0.4) is 0 Å². The Morgan fingerprint density at radius 1 is 0.724 bits per heavy atom. The standard InChI is InChI=1S/C24H20N2O2S/c1-16-8-12-19(13-9-16)26-23(27)21(25-18-6-4-3-5-7-18)22(24(26)28)29-20-14-10-17(2)11-15-20/h3-15,25H,1-2H3. The summed E-state index contributed by atoms with van der Waals surface area (Å²) < 4.78 is 0. The van der Waals surface area contributed by atoms with Crippen molar-refractivity contribution in [2.75, 3.05) is 10.2 Å². The van der Waals surface area contributed by atoms with Gasteiger partial charge < -0.3 is 5.32 Å².